The first-order valence-electron chi connectivity index (χ1n) is 6.85. The van der Waals surface area contributed by atoms with E-state index in [1.807, 2.05) is 38.1 Å². The van der Waals surface area contributed by atoms with Crippen LogP contribution in [-0.2, 0) is 11.2 Å². The van der Waals surface area contributed by atoms with E-state index in [1.165, 1.54) is 5.56 Å². The van der Waals surface area contributed by atoms with Gasteiger partial charge in [-0.15, -0.1) is 0 Å². The lowest BCUT2D eigenvalue weighted by atomic mass is 10.1. The van der Waals surface area contributed by atoms with Gasteiger partial charge in [0.25, 0.3) is 0 Å². The summed E-state index contributed by atoms with van der Waals surface area (Å²) >= 11 is 0. The molecule has 0 atom stereocenters. The third-order valence-corrected chi connectivity index (χ3v) is 2.92. The van der Waals surface area contributed by atoms with Crippen LogP contribution in [-0.4, -0.2) is 22.6 Å². The number of hydrogen-bond acceptors (Lipinski definition) is 4. The summed E-state index contributed by atoms with van der Waals surface area (Å²) < 4.78 is 5.16. The van der Waals surface area contributed by atoms with Gasteiger partial charge >= 0.3 is 0 Å². The minimum Gasteiger partial charge on any atom is -0.356 e. The van der Waals surface area contributed by atoms with Gasteiger partial charge in [0.05, 0.1) is 0 Å². The second-order valence-corrected chi connectivity index (χ2v) is 4.73. The molecule has 2 aromatic rings. The van der Waals surface area contributed by atoms with E-state index in [0.29, 0.717) is 31.1 Å². The van der Waals surface area contributed by atoms with E-state index in [-0.39, 0.29) is 5.91 Å². The molecule has 1 N–H and O–H groups in total. The molecular formula is C15H19N3O2. The first-order valence-corrected chi connectivity index (χ1v) is 6.85. The van der Waals surface area contributed by atoms with Gasteiger partial charge < -0.3 is 9.84 Å². The van der Waals surface area contributed by atoms with Crippen molar-refractivity contribution in [1.82, 2.24) is 15.5 Å². The Morgan fingerprint density at radius 1 is 1.30 bits per heavy atom. The van der Waals surface area contributed by atoms with Crippen molar-refractivity contribution in [3.8, 4) is 11.4 Å². The number of nitrogens with one attached hydrogen (secondary N) is 1. The van der Waals surface area contributed by atoms with Gasteiger partial charge in [-0.2, -0.15) is 4.98 Å². The summed E-state index contributed by atoms with van der Waals surface area (Å²) in [6, 6.07) is 7.92. The third-order valence-electron chi connectivity index (χ3n) is 2.92. The van der Waals surface area contributed by atoms with E-state index in [2.05, 4.69) is 15.5 Å². The summed E-state index contributed by atoms with van der Waals surface area (Å²) in [7, 11) is 0. The number of nitrogens with zero attached hydrogens (tertiary/aromatic N) is 2. The average Bonchev–Trinajstić information content (AvgIpc) is 2.92. The molecule has 1 amide bonds. The molecule has 5 nitrogen and oxygen atoms in total. The third kappa shape index (κ3) is 3.91. The maximum atomic E-state index is 11.5. The molecule has 0 unspecified atom stereocenters. The van der Waals surface area contributed by atoms with Gasteiger partial charge in [0.1, 0.15) is 0 Å². The molecule has 1 heterocycles. The van der Waals surface area contributed by atoms with E-state index < -0.39 is 0 Å². The van der Waals surface area contributed by atoms with E-state index in [9.17, 15) is 4.79 Å². The number of aryl methyl sites for hydroxylation is 2. The zero-order chi connectivity index (χ0) is 14.4. The zero-order valence-electron chi connectivity index (χ0n) is 11.8. The summed E-state index contributed by atoms with van der Waals surface area (Å²) in [5.74, 6) is 1.07. The Morgan fingerprint density at radius 2 is 2.05 bits per heavy atom. The van der Waals surface area contributed by atoms with Crippen molar-refractivity contribution in [1.29, 1.82) is 0 Å². The van der Waals surface area contributed by atoms with E-state index in [0.717, 1.165) is 12.0 Å². The minimum atomic E-state index is 0.0157. The molecule has 1 aromatic carbocycles. The summed E-state index contributed by atoms with van der Waals surface area (Å²) in [6.07, 6.45) is 1.77. The Labute approximate surface area is 118 Å². The number of amides is 1. The second kappa shape index (κ2) is 6.84. The highest BCUT2D eigenvalue weighted by atomic mass is 16.5. The molecule has 0 radical (unpaired) electrons. The molecule has 106 valence electrons. The van der Waals surface area contributed by atoms with E-state index in [1.54, 1.807) is 0 Å². The van der Waals surface area contributed by atoms with Gasteiger partial charge in [0.15, 0.2) is 0 Å². The van der Waals surface area contributed by atoms with Crippen LogP contribution >= 0.6 is 0 Å². The number of aromatic nitrogens is 2. The molecule has 0 aliphatic carbocycles. The zero-order valence-corrected chi connectivity index (χ0v) is 11.8. The van der Waals surface area contributed by atoms with Gasteiger partial charge in [0.2, 0.25) is 17.6 Å². The normalized spacial score (nSPS) is 10.5. The summed E-state index contributed by atoms with van der Waals surface area (Å²) in [5, 5.41) is 6.76. The van der Waals surface area contributed by atoms with Crippen LogP contribution in [0, 0.1) is 6.92 Å². The molecule has 0 spiro atoms. The number of rotatable bonds is 6. The van der Waals surface area contributed by atoms with E-state index in [4.69, 9.17) is 4.52 Å². The molecule has 20 heavy (non-hydrogen) atoms. The van der Waals surface area contributed by atoms with Crippen molar-refractivity contribution in [3.63, 3.8) is 0 Å². The van der Waals surface area contributed by atoms with Crippen molar-refractivity contribution in [3.05, 3.63) is 35.7 Å². The molecule has 2 rings (SSSR count). The Kier molecular flexibility index (Phi) is 4.87. The first kappa shape index (κ1) is 14.2. The molecule has 0 saturated heterocycles. The molecular weight excluding hydrogens is 254 g/mol. The maximum Gasteiger partial charge on any atom is 0.227 e. The standard InChI is InChI=1S/C15H19N3O2/c1-3-10-16-13(19)8-9-14-17-15(18-20-14)12-6-4-11(2)5-7-12/h4-7H,3,8-10H2,1-2H3,(H,16,19). The van der Waals surface area contributed by atoms with Gasteiger partial charge in [-0.1, -0.05) is 41.9 Å². The van der Waals surface area contributed by atoms with Crippen molar-refractivity contribution >= 4 is 5.91 Å². The van der Waals surface area contributed by atoms with Crippen LogP contribution in [0.1, 0.15) is 31.2 Å². The Bertz CT molecular complexity index is 561. The maximum absolute atomic E-state index is 11.5. The average molecular weight is 273 g/mol. The highest BCUT2D eigenvalue weighted by Gasteiger charge is 2.10. The number of carbonyl (C=O) groups is 1. The monoisotopic (exact) mass is 273 g/mol. The number of benzene rings is 1. The van der Waals surface area contributed by atoms with Crippen LogP contribution in [0.3, 0.4) is 0 Å². The van der Waals surface area contributed by atoms with Gasteiger partial charge in [-0.05, 0) is 13.3 Å². The highest BCUT2D eigenvalue weighted by Crippen LogP contribution is 2.16. The summed E-state index contributed by atoms with van der Waals surface area (Å²) in [5.41, 5.74) is 2.10. The fourth-order valence-corrected chi connectivity index (χ4v) is 1.75. The molecule has 1 aromatic heterocycles. The lowest BCUT2D eigenvalue weighted by Gasteiger charge is -2.00. The van der Waals surface area contributed by atoms with Crippen molar-refractivity contribution in [2.24, 2.45) is 0 Å². The topological polar surface area (TPSA) is 68.0 Å². The SMILES string of the molecule is CCCNC(=O)CCc1nc(-c2ccc(C)cc2)no1. The first-order chi connectivity index (χ1) is 9.69. The molecule has 0 bridgehead atoms. The Balaban J connectivity index is 1.92. The second-order valence-electron chi connectivity index (χ2n) is 4.73. The minimum absolute atomic E-state index is 0.0157. The smallest absolute Gasteiger partial charge is 0.227 e. The van der Waals surface area contributed by atoms with Gasteiger partial charge in [-0.3, -0.25) is 4.79 Å². The predicted octanol–water partition coefficient (Wildman–Crippen LogP) is 2.50. The summed E-state index contributed by atoms with van der Waals surface area (Å²) in [4.78, 5) is 15.8. The number of hydrogen-bond donors (Lipinski definition) is 1. The Hall–Kier alpha value is -2.17. The Morgan fingerprint density at radius 3 is 2.75 bits per heavy atom. The molecule has 0 aliphatic heterocycles. The quantitative estimate of drug-likeness (QED) is 0.878. The van der Waals surface area contributed by atoms with Crippen LogP contribution in [0.15, 0.2) is 28.8 Å². The molecule has 0 saturated carbocycles. The molecule has 0 aliphatic rings. The molecule has 5 heteroatoms. The van der Waals surface area contributed by atoms with Gasteiger partial charge in [-0.25, -0.2) is 0 Å². The highest BCUT2D eigenvalue weighted by molar-refractivity contribution is 5.75. The van der Waals surface area contributed by atoms with Gasteiger partial charge in [0, 0.05) is 24.9 Å². The number of carbonyl (C=O) groups excluding carboxylic acids is 1. The lowest BCUT2D eigenvalue weighted by molar-refractivity contribution is -0.121. The fourth-order valence-electron chi connectivity index (χ4n) is 1.75. The van der Waals surface area contributed by atoms with Crippen LogP contribution in [0.25, 0.3) is 11.4 Å². The van der Waals surface area contributed by atoms with Crippen LogP contribution in [0.5, 0.6) is 0 Å². The molecule has 0 fully saturated rings. The van der Waals surface area contributed by atoms with Crippen LogP contribution < -0.4 is 5.32 Å². The van der Waals surface area contributed by atoms with Crippen LogP contribution in [0.2, 0.25) is 0 Å². The van der Waals surface area contributed by atoms with Crippen molar-refractivity contribution < 1.29 is 9.32 Å². The lowest BCUT2D eigenvalue weighted by Crippen LogP contribution is -2.24. The fraction of sp³-hybridized carbons (Fsp3) is 0.400. The van der Waals surface area contributed by atoms with Crippen molar-refractivity contribution in [2.45, 2.75) is 33.1 Å². The van der Waals surface area contributed by atoms with Crippen molar-refractivity contribution in [2.75, 3.05) is 6.54 Å². The largest absolute Gasteiger partial charge is 0.356 e. The van der Waals surface area contributed by atoms with E-state index >= 15 is 0 Å². The predicted molar refractivity (Wildman–Crippen MR) is 76.1 cm³/mol. The van der Waals surface area contributed by atoms with Crippen LogP contribution in [0.4, 0.5) is 0 Å². The summed E-state index contributed by atoms with van der Waals surface area (Å²) in [6.45, 7) is 4.75.